The minimum absolute atomic E-state index is 0.0646. The van der Waals surface area contributed by atoms with Crippen molar-refractivity contribution in [3.8, 4) is 17.1 Å². The molecule has 204 valence electrons. The minimum atomic E-state index is -1.09. The van der Waals surface area contributed by atoms with Crippen LogP contribution in [0.5, 0.6) is 5.75 Å². The zero-order valence-electron chi connectivity index (χ0n) is 21.6. The zero-order valence-corrected chi connectivity index (χ0v) is 23.2. The number of fused-ring (bicyclic) bond motifs is 1. The number of carboxylic acids is 1. The van der Waals surface area contributed by atoms with Crippen LogP contribution in [0.3, 0.4) is 0 Å². The fourth-order valence-corrected chi connectivity index (χ4v) is 5.77. The lowest BCUT2D eigenvalue weighted by atomic mass is 9.95. The average molecular weight is 579 g/mol. The first-order valence-electron chi connectivity index (χ1n) is 12.2. The SMILES string of the molecule is CCOC(=O)C1=C(C)N=c2s/c(=C\c3ccc(-c4cc(C(=O)O)ccc4Cl)o3)c(=O)n2[C@H]1c1ccccc1OC. The van der Waals surface area contributed by atoms with Gasteiger partial charge < -0.3 is 19.0 Å². The third kappa shape index (κ3) is 4.87. The van der Waals surface area contributed by atoms with Gasteiger partial charge >= 0.3 is 11.9 Å². The van der Waals surface area contributed by atoms with E-state index in [2.05, 4.69) is 4.99 Å². The molecule has 4 aromatic rings. The third-order valence-electron chi connectivity index (χ3n) is 6.33. The maximum atomic E-state index is 13.8. The maximum absolute atomic E-state index is 13.8. The number of methoxy groups -OCH3 is 1. The summed E-state index contributed by atoms with van der Waals surface area (Å²) in [6.07, 6.45) is 1.57. The summed E-state index contributed by atoms with van der Waals surface area (Å²) in [7, 11) is 1.52. The second-order valence-electron chi connectivity index (χ2n) is 8.75. The number of hydrogen-bond acceptors (Lipinski definition) is 8. The normalized spacial score (nSPS) is 15.0. The molecule has 0 unspecified atom stereocenters. The molecule has 0 radical (unpaired) electrons. The molecule has 9 nitrogen and oxygen atoms in total. The van der Waals surface area contributed by atoms with Gasteiger partial charge in [0.2, 0.25) is 0 Å². The Labute approximate surface area is 236 Å². The fraction of sp³-hybridized carbons (Fsp3) is 0.172. The number of hydrogen-bond donors (Lipinski definition) is 1. The van der Waals surface area contributed by atoms with Crippen LogP contribution in [0.2, 0.25) is 5.02 Å². The first kappa shape index (κ1) is 27.2. The molecule has 1 atom stereocenters. The molecule has 40 heavy (non-hydrogen) atoms. The summed E-state index contributed by atoms with van der Waals surface area (Å²) in [6.45, 7) is 3.59. The smallest absolute Gasteiger partial charge is 0.338 e. The van der Waals surface area contributed by atoms with Crippen LogP contribution in [-0.2, 0) is 9.53 Å². The molecule has 3 heterocycles. The summed E-state index contributed by atoms with van der Waals surface area (Å²) in [6, 6.07) is 14.0. The molecule has 2 aromatic carbocycles. The van der Waals surface area contributed by atoms with Gasteiger partial charge in [-0.3, -0.25) is 9.36 Å². The maximum Gasteiger partial charge on any atom is 0.338 e. The van der Waals surface area contributed by atoms with Gasteiger partial charge in [0.25, 0.3) is 5.56 Å². The molecule has 2 aromatic heterocycles. The molecular formula is C29H23ClN2O7S. The van der Waals surface area contributed by atoms with Crippen molar-refractivity contribution < 1.29 is 28.6 Å². The summed E-state index contributed by atoms with van der Waals surface area (Å²) in [4.78, 5) is 43.3. The van der Waals surface area contributed by atoms with Gasteiger partial charge in [-0.05, 0) is 50.2 Å². The van der Waals surface area contributed by atoms with Crippen molar-refractivity contribution in [2.45, 2.75) is 19.9 Å². The summed E-state index contributed by atoms with van der Waals surface area (Å²) in [5.41, 5.74) is 1.40. The number of aromatic nitrogens is 1. The van der Waals surface area contributed by atoms with Crippen LogP contribution >= 0.6 is 22.9 Å². The van der Waals surface area contributed by atoms with Crippen molar-refractivity contribution in [3.05, 3.63) is 107 Å². The number of halogens is 1. The van der Waals surface area contributed by atoms with Crippen molar-refractivity contribution in [1.29, 1.82) is 0 Å². The van der Waals surface area contributed by atoms with E-state index < -0.39 is 18.0 Å². The van der Waals surface area contributed by atoms with Gasteiger partial charge in [-0.25, -0.2) is 14.6 Å². The molecule has 0 bridgehead atoms. The molecule has 1 aliphatic heterocycles. The van der Waals surface area contributed by atoms with Gasteiger partial charge in [0.05, 0.1) is 40.1 Å². The summed E-state index contributed by atoms with van der Waals surface area (Å²) in [5.74, 6) is -0.445. The van der Waals surface area contributed by atoms with Crippen LogP contribution in [0.4, 0.5) is 0 Å². The highest BCUT2D eigenvalue weighted by molar-refractivity contribution is 7.07. The Balaban J connectivity index is 1.65. The number of thiazole rings is 1. The lowest BCUT2D eigenvalue weighted by Crippen LogP contribution is -2.40. The Kier molecular flexibility index (Phi) is 7.46. The first-order valence-corrected chi connectivity index (χ1v) is 13.4. The number of nitrogens with zero attached hydrogens (tertiary/aromatic N) is 2. The van der Waals surface area contributed by atoms with Crippen molar-refractivity contribution in [2.75, 3.05) is 13.7 Å². The molecule has 5 rings (SSSR count). The van der Waals surface area contributed by atoms with Gasteiger partial charge in [-0.1, -0.05) is 41.1 Å². The van der Waals surface area contributed by atoms with Crippen molar-refractivity contribution >= 4 is 41.0 Å². The Morgan fingerprint density at radius 2 is 1.98 bits per heavy atom. The van der Waals surface area contributed by atoms with Gasteiger partial charge in [-0.15, -0.1) is 0 Å². The molecule has 0 spiro atoms. The number of rotatable bonds is 7. The Bertz CT molecular complexity index is 1870. The Morgan fingerprint density at radius 3 is 2.70 bits per heavy atom. The van der Waals surface area contributed by atoms with Crippen LogP contribution in [0.15, 0.2) is 80.1 Å². The van der Waals surface area contributed by atoms with E-state index in [0.29, 0.717) is 48.5 Å². The van der Waals surface area contributed by atoms with E-state index in [-0.39, 0.29) is 23.3 Å². The predicted octanol–water partition coefficient (Wildman–Crippen LogP) is 4.42. The first-order chi connectivity index (χ1) is 19.2. The fourth-order valence-electron chi connectivity index (χ4n) is 4.53. The van der Waals surface area contributed by atoms with Crippen molar-refractivity contribution in [3.63, 3.8) is 0 Å². The molecular weight excluding hydrogens is 556 g/mol. The predicted molar refractivity (Wildman–Crippen MR) is 150 cm³/mol. The number of ether oxygens (including phenoxy) is 2. The number of allylic oxidation sites excluding steroid dienone is 1. The standard InChI is InChI=1S/C29H23ClN2O7S/c1-4-38-28(36)24-15(2)31-29-32(25(24)18-7-5-6-8-21(18)37-3)26(33)23(40-29)14-17-10-12-22(39-17)19-13-16(27(34)35)9-11-20(19)30/h5-14,25H,4H2,1-3H3,(H,34,35)/b23-14-/t25-/m0/s1. The number of aromatic carboxylic acids is 1. The second-order valence-corrected chi connectivity index (χ2v) is 10.2. The molecule has 0 amide bonds. The molecule has 0 saturated carbocycles. The van der Waals surface area contributed by atoms with E-state index >= 15 is 0 Å². The van der Waals surface area contributed by atoms with Crippen LogP contribution in [0, 0.1) is 0 Å². The summed E-state index contributed by atoms with van der Waals surface area (Å²) < 4.78 is 18.6. The monoisotopic (exact) mass is 578 g/mol. The molecule has 1 N–H and O–H groups in total. The quantitative estimate of drug-likeness (QED) is 0.322. The number of esters is 1. The third-order valence-corrected chi connectivity index (χ3v) is 7.64. The van der Waals surface area contributed by atoms with E-state index in [0.717, 1.165) is 11.3 Å². The number of furan rings is 1. The second kappa shape index (κ2) is 11.0. The van der Waals surface area contributed by atoms with Gasteiger partial charge in [0.15, 0.2) is 4.80 Å². The zero-order chi connectivity index (χ0) is 28.6. The molecule has 0 saturated heterocycles. The van der Waals surface area contributed by atoms with Crippen LogP contribution in [-0.4, -0.2) is 35.3 Å². The molecule has 1 aliphatic rings. The van der Waals surface area contributed by atoms with E-state index in [9.17, 15) is 19.5 Å². The Morgan fingerprint density at radius 1 is 1.20 bits per heavy atom. The minimum Gasteiger partial charge on any atom is -0.496 e. The largest absolute Gasteiger partial charge is 0.496 e. The number of para-hydroxylation sites is 1. The highest BCUT2D eigenvalue weighted by Gasteiger charge is 2.35. The number of carbonyl (C=O) groups excluding carboxylic acids is 1. The van der Waals surface area contributed by atoms with Crippen LogP contribution in [0.25, 0.3) is 17.4 Å². The number of carboxylic acid groups (broad SMARTS) is 1. The lowest BCUT2D eigenvalue weighted by Gasteiger charge is -2.25. The number of benzene rings is 2. The topological polar surface area (TPSA) is 120 Å². The van der Waals surface area contributed by atoms with E-state index in [1.807, 2.05) is 0 Å². The molecule has 11 heteroatoms. The average Bonchev–Trinajstić information content (AvgIpc) is 3.52. The number of carbonyl (C=O) groups is 2. The van der Waals surface area contributed by atoms with E-state index in [1.54, 1.807) is 56.3 Å². The van der Waals surface area contributed by atoms with Crippen molar-refractivity contribution in [2.24, 2.45) is 4.99 Å². The highest BCUT2D eigenvalue weighted by Crippen LogP contribution is 2.36. The van der Waals surface area contributed by atoms with Crippen molar-refractivity contribution in [1.82, 2.24) is 4.57 Å². The van der Waals surface area contributed by atoms with Crippen LogP contribution < -0.4 is 19.6 Å². The van der Waals surface area contributed by atoms with Crippen LogP contribution in [0.1, 0.15) is 41.6 Å². The Hall–Kier alpha value is -4.41. The molecule has 0 fully saturated rings. The van der Waals surface area contributed by atoms with Gasteiger partial charge in [-0.2, -0.15) is 0 Å². The van der Waals surface area contributed by atoms with Gasteiger partial charge in [0, 0.05) is 17.2 Å². The lowest BCUT2D eigenvalue weighted by molar-refractivity contribution is -0.139. The highest BCUT2D eigenvalue weighted by atomic mass is 35.5. The van der Waals surface area contributed by atoms with Gasteiger partial charge in [0.1, 0.15) is 23.3 Å². The van der Waals surface area contributed by atoms with E-state index in [1.165, 1.54) is 29.9 Å². The summed E-state index contributed by atoms with van der Waals surface area (Å²) in [5, 5.41) is 9.65. The van der Waals surface area contributed by atoms with E-state index in [4.69, 9.17) is 25.5 Å². The summed E-state index contributed by atoms with van der Waals surface area (Å²) >= 11 is 7.45. The molecule has 0 aliphatic carbocycles.